The van der Waals surface area contributed by atoms with Crippen LogP contribution in [0.25, 0.3) is 0 Å². The Hall–Kier alpha value is -2.97. The number of aromatic nitrogens is 3. The van der Waals surface area contributed by atoms with Crippen LogP contribution in [0.4, 0.5) is 23.3 Å². The smallest absolute Gasteiger partial charge is 0.292 e. The van der Waals surface area contributed by atoms with Crippen molar-refractivity contribution < 1.29 is 4.92 Å². The van der Waals surface area contributed by atoms with Crippen molar-refractivity contribution in [3.63, 3.8) is 0 Å². The van der Waals surface area contributed by atoms with Gasteiger partial charge in [-0.3, -0.25) is 10.1 Å². The number of para-hydroxylation sites is 2. The minimum Gasteiger partial charge on any atom is -0.378 e. The van der Waals surface area contributed by atoms with E-state index in [0.717, 1.165) is 0 Å². The summed E-state index contributed by atoms with van der Waals surface area (Å²) in [4.78, 5) is 25.6. The number of anilines is 3. The molecule has 0 radical (unpaired) electrons. The van der Waals surface area contributed by atoms with E-state index in [1.807, 2.05) is 32.8 Å². The third kappa shape index (κ3) is 5.00. The van der Waals surface area contributed by atoms with Gasteiger partial charge in [-0.1, -0.05) is 26.0 Å². The van der Waals surface area contributed by atoms with Crippen LogP contribution in [0.3, 0.4) is 0 Å². The molecule has 0 aliphatic rings. The first-order chi connectivity index (χ1) is 11.9. The zero-order valence-electron chi connectivity index (χ0n) is 14.9. The largest absolute Gasteiger partial charge is 0.378 e. The Labute approximate surface area is 146 Å². The summed E-state index contributed by atoms with van der Waals surface area (Å²) in [7, 11) is 3.75. The minimum atomic E-state index is -0.403. The molecule has 2 N–H and O–H groups in total. The third-order valence-electron chi connectivity index (χ3n) is 3.38. The highest BCUT2D eigenvalue weighted by atomic mass is 16.6. The van der Waals surface area contributed by atoms with Crippen molar-refractivity contribution in [1.82, 2.24) is 15.0 Å². The topological polar surface area (TPSA) is 109 Å². The SMILES string of the molecule is CC(C)c1nc(NCCNc2ccccc2[N+](=O)[O-])nc(N(C)C)n1. The molecule has 0 bridgehead atoms. The zero-order valence-corrected chi connectivity index (χ0v) is 14.9. The molecule has 0 aliphatic carbocycles. The average molecular weight is 345 g/mol. The van der Waals surface area contributed by atoms with Crippen molar-refractivity contribution in [2.45, 2.75) is 19.8 Å². The molecule has 9 nitrogen and oxygen atoms in total. The number of nitro benzene ring substituents is 1. The summed E-state index contributed by atoms with van der Waals surface area (Å²) in [5, 5.41) is 17.2. The van der Waals surface area contributed by atoms with Crippen LogP contribution in [0.1, 0.15) is 25.6 Å². The quantitative estimate of drug-likeness (QED) is 0.427. The summed E-state index contributed by atoms with van der Waals surface area (Å²) >= 11 is 0. The Balaban J connectivity index is 1.99. The van der Waals surface area contributed by atoms with Crippen molar-refractivity contribution in [3.8, 4) is 0 Å². The van der Waals surface area contributed by atoms with E-state index >= 15 is 0 Å². The van der Waals surface area contributed by atoms with Crippen LogP contribution in [0.5, 0.6) is 0 Å². The summed E-state index contributed by atoms with van der Waals surface area (Å²) in [5.74, 6) is 1.99. The molecule has 0 amide bonds. The summed E-state index contributed by atoms with van der Waals surface area (Å²) in [6, 6.07) is 6.55. The van der Waals surface area contributed by atoms with E-state index in [2.05, 4.69) is 25.6 Å². The Morgan fingerprint density at radius 2 is 1.80 bits per heavy atom. The van der Waals surface area contributed by atoms with Crippen LogP contribution in [-0.4, -0.2) is 47.1 Å². The van der Waals surface area contributed by atoms with Crippen molar-refractivity contribution in [3.05, 3.63) is 40.2 Å². The van der Waals surface area contributed by atoms with Crippen LogP contribution in [0.15, 0.2) is 24.3 Å². The van der Waals surface area contributed by atoms with E-state index in [-0.39, 0.29) is 11.6 Å². The number of benzene rings is 1. The maximum atomic E-state index is 11.0. The fraction of sp³-hybridized carbons (Fsp3) is 0.438. The maximum Gasteiger partial charge on any atom is 0.292 e. The zero-order chi connectivity index (χ0) is 18.4. The Kier molecular flexibility index (Phi) is 6.04. The van der Waals surface area contributed by atoms with Crippen molar-refractivity contribution in [2.75, 3.05) is 42.7 Å². The molecule has 1 heterocycles. The van der Waals surface area contributed by atoms with Gasteiger partial charge in [0.2, 0.25) is 11.9 Å². The van der Waals surface area contributed by atoms with Gasteiger partial charge in [-0.25, -0.2) is 0 Å². The predicted molar refractivity (Wildman–Crippen MR) is 98.3 cm³/mol. The Morgan fingerprint density at radius 3 is 2.44 bits per heavy atom. The molecule has 2 aromatic rings. The van der Waals surface area contributed by atoms with Crippen molar-refractivity contribution >= 4 is 23.3 Å². The highest BCUT2D eigenvalue weighted by Crippen LogP contribution is 2.22. The highest BCUT2D eigenvalue weighted by molar-refractivity contribution is 5.61. The molecule has 25 heavy (non-hydrogen) atoms. The molecule has 0 unspecified atom stereocenters. The van der Waals surface area contributed by atoms with E-state index in [1.165, 1.54) is 6.07 Å². The first-order valence-electron chi connectivity index (χ1n) is 8.03. The molecule has 2 rings (SSSR count). The summed E-state index contributed by atoms with van der Waals surface area (Å²) < 4.78 is 0. The predicted octanol–water partition coefficient (Wildman–Crippen LogP) is 2.49. The van der Waals surface area contributed by atoms with Crippen LogP contribution >= 0.6 is 0 Å². The fourth-order valence-electron chi connectivity index (χ4n) is 2.07. The average Bonchev–Trinajstić information content (AvgIpc) is 2.58. The second-order valence-corrected chi connectivity index (χ2v) is 5.99. The first-order valence-corrected chi connectivity index (χ1v) is 8.03. The van der Waals surface area contributed by atoms with Gasteiger partial charge in [-0.2, -0.15) is 15.0 Å². The monoisotopic (exact) mass is 345 g/mol. The van der Waals surface area contributed by atoms with E-state index in [0.29, 0.717) is 36.5 Å². The van der Waals surface area contributed by atoms with Gasteiger partial charge in [-0.15, -0.1) is 0 Å². The number of hydrogen-bond acceptors (Lipinski definition) is 8. The number of rotatable bonds is 8. The molecule has 0 spiro atoms. The van der Waals surface area contributed by atoms with Gasteiger partial charge < -0.3 is 15.5 Å². The molecular weight excluding hydrogens is 322 g/mol. The van der Waals surface area contributed by atoms with Gasteiger partial charge in [0.25, 0.3) is 5.69 Å². The number of nitrogens with zero attached hydrogens (tertiary/aromatic N) is 5. The molecule has 134 valence electrons. The molecule has 0 aliphatic heterocycles. The lowest BCUT2D eigenvalue weighted by Crippen LogP contribution is -2.20. The molecule has 1 aromatic carbocycles. The number of hydrogen-bond donors (Lipinski definition) is 2. The second kappa shape index (κ2) is 8.22. The summed E-state index contributed by atoms with van der Waals surface area (Å²) in [6.45, 7) is 5.05. The second-order valence-electron chi connectivity index (χ2n) is 5.99. The van der Waals surface area contributed by atoms with Gasteiger partial charge in [0.1, 0.15) is 11.5 Å². The van der Waals surface area contributed by atoms with Crippen LogP contribution < -0.4 is 15.5 Å². The Morgan fingerprint density at radius 1 is 1.12 bits per heavy atom. The molecule has 1 aromatic heterocycles. The molecule has 0 saturated heterocycles. The normalized spacial score (nSPS) is 10.6. The maximum absolute atomic E-state index is 11.0. The molecule has 0 atom stereocenters. The first kappa shape index (κ1) is 18.4. The number of nitrogens with one attached hydrogen (secondary N) is 2. The standard InChI is InChI=1S/C16H23N7O2/c1-11(2)14-19-15(21-16(20-14)22(3)4)18-10-9-17-12-7-5-6-8-13(12)23(24)25/h5-8,11,17H,9-10H2,1-4H3,(H,18,19,20,21). The molecule has 0 fully saturated rings. The lowest BCUT2D eigenvalue weighted by molar-refractivity contribution is -0.384. The highest BCUT2D eigenvalue weighted by Gasteiger charge is 2.12. The van der Waals surface area contributed by atoms with Crippen molar-refractivity contribution in [2.24, 2.45) is 0 Å². The molecule has 9 heteroatoms. The lowest BCUT2D eigenvalue weighted by atomic mass is 10.2. The van der Waals surface area contributed by atoms with E-state index in [4.69, 9.17) is 0 Å². The third-order valence-corrected chi connectivity index (χ3v) is 3.38. The van der Waals surface area contributed by atoms with Gasteiger partial charge in [0.05, 0.1) is 4.92 Å². The summed E-state index contributed by atoms with van der Waals surface area (Å²) in [6.07, 6.45) is 0. The molecular formula is C16H23N7O2. The Bertz CT molecular complexity index is 708. The van der Waals surface area contributed by atoms with Crippen LogP contribution in [0, 0.1) is 10.1 Å². The van der Waals surface area contributed by atoms with Crippen molar-refractivity contribution in [1.29, 1.82) is 0 Å². The van der Waals surface area contributed by atoms with Gasteiger partial charge >= 0.3 is 0 Å². The minimum absolute atomic E-state index is 0.0552. The summed E-state index contributed by atoms with van der Waals surface area (Å²) in [5.41, 5.74) is 0.543. The lowest BCUT2D eigenvalue weighted by Gasteiger charge is -2.15. The van der Waals surface area contributed by atoms with E-state index in [9.17, 15) is 10.1 Å². The molecule has 0 saturated carbocycles. The number of nitro groups is 1. The van der Waals surface area contributed by atoms with Crippen LogP contribution in [0.2, 0.25) is 0 Å². The fourth-order valence-corrected chi connectivity index (χ4v) is 2.07. The van der Waals surface area contributed by atoms with E-state index in [1.54, 1.807) is 18.2 Å². The van der Waals surface area contributed by atoms with Gasteiger partial charge in [0, 0.05) is 39.2 Å². The van der Waals surface area contributed by atoms with Gasteiger partial charge in [-0.05, 0) is 6.07 Å². The van der Waals surface area contributed by atoms with Crippen LogP contribution in [-0.2, 0) is 0 Å². The van der Waals surface area contributed by atoms with E-state index < -0.39 is 4.92 Å². The van der Waals surface area contributed by atoms with Gasteiger partial charge in [0.15, 0.2) is 0 Å².